The number of methoxy groups -OCH3 is 1. The highest BCUT2D eigenvalue weighted by Gasteiger charge is 2.68. The fourth-order valence-electron chi connectivity index (χ4n) is 4.48. The lowest BCUT2D eigenvalue weighted by molar-refractivity contribution is -0.151. The molecule has 1 aromatic rings. The van der Waals surface area contributed by atoms with Crippen molar-refractivity contribution in [2.45, 2.75) is 31.8 Å². The number of carboxylic acids is 1. The number of phenolic OH excluding ortho intramolecular Hbond substituents is 1. The monoisotopic (exact) mass is 376 g/mol. The molecule has 1 aromatic carbocycles. The van der Waals surface area contributed by atoms with Gasteiger partial charge in [-0.15, -0.1) is 0 Å². The molecule has 2 saturated heterocycles. The standard InChI is InChI=1S/C19H24N2O6/c1-9(2)8-19(18(25)26)13-12(16(23)21(3)17(13)24)14(20-19)10-6-5-7-11(27-4)15(10)22/h5-7,9,12-14,20,22H,8H2,1-4H3,(H,25,26)/t12-,13-,14+,19+/m1/s1. The van der Waals surface area contributed by atoms with E-state index in [1.807, 2.05) is 13.8 Å². The number of hydrogen-bond acceptors (Lipinski definition) is 6. The number of rotatable bonds is 5. The SMILES string of the molecule is COc1cccc([C@@H]2N[C@](CC(C)C)(C(=O)O)[C@H]3C(=O)N(C)C(=O)[C@@H]23)c1O. The van der Waals surface area contributed by atoms with E-state index < -0.39 is 41.2 Å². The van der Waals surface area contributed by atoms with E-state index in [-0.39, 0.29) is 23.8 Å². The number of benzene rings is 1. The molecule has 146 valence electrons. The third kappa shape index (κ3) is 2.66. The molecule has 0 radical (unpaired) electrons. The molecule has 4 atom stereocenters. The molecule has 0 saturated carbocycles. The summed E-state index contributed by atoms with van der Waals surface area (Å²) in [7, 11) is 2.77. The Morgan fingerprint density at radius 1 is 1.33 bits per heavy atom. The maximum absolute atomic E-state index is 12.8. The van der Waals surface area contributed by atoms with Gasteiger partial charge in [-0.1, -0.05) is 26.0 Å². The van der Waals surface area contributed by atoms with Gasteiger partial charge in [0, 0.05) is 18.7 Å². The smallest absolute Gasteiger partial charge is 0.324 e. The molecule has 0 unspecified atom stereocenters. The molecule has 3 rings (SSSR count). The summed E-state index contributed by atoms with van der Waals surface area (Å²) in [6.45, 7) is 3.73. The van der Waals surface area contributed by atoms with Crippen LogP contribution in [0.25, 0.3) is 0 Å². The van der Waals surface area contributed by atoms with Gasteiger partial charge in [0.05, 0.1) is 18.9 Å². The molecule has 0 spiro atoms. The number of imide groups is 1. The maximum Gasteiger partial charge on any atom is 0.324 e. The fraction of sp³-hybridized carbons (Fsp3) is 0.526. The van der Waals surface area contributed by atoms with Crippen molar-refractivity contribution in [2.24, 2.45) is 17.8 Å². The predicted octanol–water partition coefficient (Wildman–Crippen LogP) is 1.15. The number of phenols is 1. The maximum atomic E-state index is 12.8. The molecular formula is C19H24N2O6. The third-order valence-electron chi connectivity index (χ3n) is 5.57. The third-order valence-corrected chi connectivity index (χ3v) is 5.57. The summed E-state index contributed by atoms with van der Waals surface area (Å²) in [6.07, 6.45) is 0.178. The molecule has 2 aliphatic rings. The Morgan fingerprint density at radius 3 is 2.56 bits per heavy atom. The number of carboxylic acid groups (broad SMARTS) is 1. The Morgan fingerprint density at radius 2 is 2.00 bits per heavy atom. The van der Waals surface area contributed by atoms with Crippen molar-refractivity contribution in [2.75, 3.05) is 14.2 Å². The lowest BCUT2D eigenvalue weighted by atomic mass is 9.75. The van der Waals surface area contributed by atoms with Crippen LogP contribution in [0.5, 0.6) is 11.5 Å². The van der Waals surface area contributed by atoms with Gasteiger partial charge in [0.25, 0.3) is 0 Å². The number of aliphatic carboxylic acids is 1. The van der Waals surface area contributed by atoms with Gasteiger partial charge in [-0.3, -0.25) is 24.6 Å². The molecule has 0 aliphatic carbocycles. The van der Waals surface area contributed by atoms with E-state index >= 15 is 0 Å². The highest BCUT2D eigenvalue weighted by Crippen LogP contribution is 2.52. The zero-order chi connectivity index (χ0) is 20.1. The Labute approximate surface area is 157 Å². The highest BCUT2D eigenvalue weighted by molar-refractivity contribution is 6.09. The second-order valence-corrected chi connectivity index (χ2v) is 7.63. The van der Waals surface area contributed by atoms with Crippen LogP contribution in [0.15, 0.2) is 18.2 Å². The zero-order valence-corrected chi connectivity index (χ0v) is 15.7. The molecule has 27 heavy (non-hydrogen) atoms. The lowest BCUT2D eigenvalue weighted by Crippen LogP contribution is -2.56. The molecule has 2 aliphatic heterocycles. The summed E-state index contributed by atoms with van der Waals surface area (Å²) in [6, 6.07) is 4.01. The van der Waals surface area contributed by atoms with Crippen LogP contribution in [-0.4, -0.2) is 52.6 Å². The van der Waals surface area contributed by atoms with E-state index in [9.17, 15) is 24.6 Å². The number of carbonyl (C=O) groups excluding carboxylic acids is 2. The molecule has 3 N–H and O–H groups in total. The summed E-state index contributed by atoms with van der Waals surface area (Å²) in [5, 5.41) is 23.7. The van der Waals surface area contributed by atoms with E-state index in [0.29, 0.717) is 5.56 Å². The van der Waals surface area contributed by atoms with Crippen molar-refractivity contribution in [3.63, 3.8) is 0 Å². The number of ether oxygens (including phenoxy) is 1. The minimum Gasteiger partial charge on any atom is -0.504 e. The van der Waals surface area contributed by atoms with Crippen LogP contribution in [0.2, 0.25) is 0 Å². The minimum atomic E-state index is -1.59. The summed E-state index contributed by atoms with van der Waals surface area (Å²) in [5.41, 5.74) is -1.25. The summed E-state index contributed by atoms with van der Waals surface area (Å²) < 4.78 is 5.13. The Kier molecular flexibility index (Phi) is 4.63. The van der Waals surface area contributed by atoms with E-state index in [2.05, 4.69) is 5.32 Å². The van der Waals surface area contributed by atoms with E-state index in [1.54, 1.807) is 18.2 Å². The predicted molar refractivity (Wildman–Crippen MR) is 95.1 cm³/mol. The first-order chi connectivity index (χ1) is 12.7. The lowest BCUT2D eigenvalue weighted by Gasteiger charge is -2.32. The van der Waals surface area contributed by atoms with E-state index in [1.165, 1.54) is 14.2 Å². The van der Waals surface area contributed by atoms with Gasteiger partial charge in [0.1, 0.15) is 5.54 Å². The number of nitrogens with zero attached hydrogens (tertiary/aromatic N) is 1. The second-order valence-electron chi connectivity index (χ2n) is 7.63. The molecule has 8 heteroatoms. The topological polar surface area (TPSA) is 116 Å². The molecule has 0 bridgehead atoms. The van der Waals surface area contributed by atoms with Crippen LogP contribution in [0.3, 0.4) is 0 Å². The molecule has 2 fully saturated rings. The van der Waals surface area contributed by atoms with Gasteiger partial charge in [-0.2, -0.15) is 0 Å². The molecular weight excluding hydrogens is 352 g/mol. The van der Waals surface area contributed by atoms with Crippen molar-refractivity contribution in [3.8, 4) is 11.5 Å². The normalized spacial score (nSPS) is 30.1. The highest BCUT2D eigenvalue weighted by atomic mass is 16.5. The van der Waals surface area contributed by atoms with Gasteiger partial charge in [-0.05, 0) is 18.4 Å². The van der Waals surface area contributed by atoms with Crippen molar-refractivity contribution in [3.05, 3.63) is 23.8 Å². The van der Waals surface area contributed by atoms with Gasteiger partial charge in [0.2, 0.25) is 11.8 Å². The summed E-state index contributed by atoms with van der Waals surface area (Å²) in [5.74, 6) is -4.06. The zero-order valence-electron chi connectivity index (χ0n) is 15.7. The first-order valence-corrected chi connectivity index (χ1v) is 8.84. The minimum absolute atomic E-state index is 0.0271. The number of aromatic hydroxyl groups is 1. The van der Waals surface area contributed by atoms with Crippen LogP contribution in [0.1, 0.15) is 31.9 Å². The van der Waals surface area contributed by atoms with Gasteiger partial charge < -0.3 is 14.9 Å². The number of likely N-dealkylation sites (tertiary alicyclic amines) is 1. The number of amides is 2. The second kappa shape index (κ2) is 6.53. The first kappa shape index (κ1) is 19.2. The number of carbonyl (C=O) groups is 3. The van der Waals surface area contributed by atoms with Crippen LogP contribution >= 0.6 is 0 Å². The van der Waals surface area contributed by atoms with Crippen molar-refractivity contribution >= 4 is 17.8 Å². The van der Waals surface area contributed by atoms with Gasteiger partial charge in [-0.25, -0.2) is 0 Å². The van der Waals surface area contributed by atoms with E-state index in [0.717, 1.165) is 4.90 Å². The van der Waals surface area contributed by atoms with Crippen LogP contribution < -0.4 is 10.1 Å². The first-order valence-electron chi connectivity index (χ1n) is 8.84. The quantitative estimate of drug-likeness (QED) is 0.660. The largest absolute Gasteiger partial charge is 0.504 e. The number of para-hydroxylation sites is 1. The summed E-state index contributed by atoms with van der Waals surface area (Å²) in [4.78, 5) is 38.9. The number of fused-ring (bicyclic) bond motifs is 1. The van der Waals surface area contributed by atoms with Gasteiger partial charge in [0.15, 0.2) is 11.5 Å². The van der Waals surface area contributed by atoms with Crippen molar-refractivity contribution < 1.29 is 29.3 Å². The average Bonchev–Trinajstić information content (AvgIpc) is 3.05. The average molecular weight is 376 g/mol. The fourth-order valence-corrected chi connectivity index (χ4v) is 4.48. The van der Waals surface area contributed by atoms with Crippen LogP contribution in [0, 0.1) is 17.8 Å². The molecule has 0 aromatic heterocycles. The molecule has 2 heterocycles. The number of hydrogen-bond donors (Lipinski definition) is 3. The molecule has 8 nitrogen and oxygen atoms in total. The molecule has 2 amide bonds. The van der Waals surface area contributed by atoms with Crippen molar-refractivity contribution in [1.82, 2.24) is 10.2 Å². The number of nitrogens with one attached hydrogen (secondary N) is 1. The van der Waals surface area contributed by atoms with Crippen molar-refractivity contribution in [1.29, 1.82) is 0 Å². The summed E-state index contributed by atoms with van der Waals surface area (Å²) >= 11 is 0. The van der Waals surface area contributed by atoms with Gasteiger partial charge >= 0.3 is 5.97 Å². The Balaban J connectivity index is 2.18. The van der Waals surface area contributed by atoms with Crippen LogP contribution in [-0.2, 0) is 14.4 Å². The van der Waals surface area contributed by atoms with Crippen LogP contribution in [0.4, 0.5) is 0 Å². The Hall–Kier alpha value is -2.61. The van der Waals surface area contributed by atoms with E-state index in [4.69, 9.17) is 4.74 Å². The Bertz CT molecular complexity index is 807.